The molecule has 6 rings (SSSR count). The van der Waals surface area contributed by atoms with E-state index >= 15 is 0 Å². The van der Waals surface area contributed by atoms with Gasteiger partial charge in [-0.3, -0.25) is 0 Å². The van der Waals surface area contributed by atoms with Gasteiger partial charge >= 0.3 is 215 Å². The molecule has 186 valence electrons. The van der Waals surface area contributed by atoms with Crippen LogP contribution < -0.4 is 14.8 Å². The molecule has 3 aromatic rings. The molecule has 3 aliphatic heterocycles. The summed E-state index contributed by atoms with van der Waals surface area (Å²) < 4.78 is 25.4. The number of carbonyl (C=O) groups excluding carboxylic acids is 2. The molecule has 0 bridgehead atoms. The van der Waals surface area contributed by atoms with E-state index in [1.54, 1.807) is 0 Å². The van der Waals surface area contributed by atoms with Gasteiger partial charge in [0, 0.05) is 0 Å². The number of fused-ring (bicyclic) bond motifs is 6. The molecule has 0 aliphatic carbocycles. The number of hydrogen-bond donors (Lipinski definition) is 1. The summed E-state index contributed by atoms with van der Waals surface area (Å²) in [6, 6.07) is 6.16. The van der Waals surface area contributed by atoms with Crippen molar-refractivity contribution in [2.45, 2.75) is 52.6 Å². The number of nitrogens with one attached hydrogen (secondary N) is 1. The molecular weight excluding hydrogens is 529 g/mol. The summed E-state index contributed by atoms with van der Waals surface area (Å²) in [7, 11) is 0. The van der Waals surface area contributed by atoms with Crippen molar-refractivity contribution in [1.82, 2.24) is 14.9 Å². The Bertz CT molecular complexity index is 1510. The predicted molar refractivity (Wildman–Crippen MR) is 131 cm³/mol. The fourth-order valence-corrected chi connectivity index (χ4v) is 5.73. The van der Waals surface area contributed by atoms with E-state index in [-0.39, 0.29) is 6.61 Å². The Morgan fingerprint density at radius 2 is 1.94 bits per heavy atom. The number of carbonyl (C=O) groups is 2. The van der Waals surface area contributed by atoms with E-state index in [0.29, 0.717) is 43.7 Å². The van der Waals surface area contributed by atoms with E-state index in [9.17, 15) is 9.59 Å². The molecule has 3 aliphatic rings. The molecule has 0 amide bonds. The van der Waals surface area contributed by atoms with Crippen molar-refractivity contribution in [1.29, 1.82) is 0 Å². The molecule has 1 aromatic carbocycles. The van der Waals surface area contributed by atoms with E-state index < -0.39 is 18.0 Å². The first-order valence-electron chi connectivity index (χ1n) is 11.9. The summed E-state index contributed by atoms with van der Waals surface area (Å²) in [5.74, 6) is 0.294. The first kappa shape index (κ1) is 23.2. The number of benzene rings is 1. The van der Waals surface area contributed by atoms with Gasteiger partial charge < -0.3 is 0 Å². The van der Waals surface area contributed by atoms with Crippen molar-refractivity contribution in [2.75, 3.05) is 13.2 Å². The molecule has 0 fully saturated rings. The maximum atomic E-state index is 12.5. The van der Waals surface area contributed by atoms with Gasteiger partial charge in [-0.1, -0.05) is 0 Å². The molecule has 0 saturated carbocycles. The van der Waals surface area contributed by atoms with Gasteiger partial charge in [-0.25, -0.2) is 0 Å². The molecule has 0 saturated heterocycles. The number of aromatic nitrogens is 2. The number of ether oxygens (including phenoxy) is 4. The van der Waals surface area contributed by atoms with E-state index in [0.717, 1.165) is 48.9 Å². The summed E-state index contributed by atoms with van der Waals surface area (Å²) in [6.07, 6.45) is -1.10. The van der Waals surface area contributed by atoms with Crippen LogP contribution in [0.1, 0.15) is 49.1 Å². The third-order valence-electron chi connectivity index (χ3n) is 6.69. The van der Waals surface area contributed by atoms with Gasteiger partial charge in [0.2, 0.25) is 0 Å². The average Bonchev–Trinajstić information content (AvgIpc) is 3.20. The quantitative estimate of drug-likeness (QED) is 0.304. The van der Waals surface area contributed by atoms with Gasteiger partial charge in [-0.15, -0.1) is 0 Å². The zero-order valence-corrected chi connectivity index (χ0v) is 21.9. The Morgan fingerprint density at radius 3 is 2.67 bits per heavy atom. The van der Waals surface area contributed by atoms with Crippen LogP contribution in [-0.2, 0) is 38.8 Å². The van der Waals surface area contributed by atoms with Crippen LogP contribution in [0, 0.1) is 4.19 Å². The topological polar surface area (TPSA) is 101 Å². The number of cyclic esters (lactones) is 1. The third kappa shape index (κ3) is 3.72. The van der Waals surface area contributed by atoms with E-state index in [1.807, 2.05) is 18.2 Å². The van der Waals surface area contributed by atoms with Gasteiger partial charge in [-0.2, -0.15) is 0 Å². The fourth-order valence-electron chi connectivity index (χ4n) is 5.02. The van der Waals surface area contributed by atoms with E-state index in [1.165, 1.54) is 6.92 Å². The SMILES string of the molecule is CC(=O)OC1C(=O)OCc2c1cc1n(c2=[Se])Cc2c-1nc1cc3c(cc1c2CNC(C)C)OCCO3. The molecule has 5 heterocycles. The Morgan fingerprint density at radius 1 is 1.19 bits per heavy atom. The third-order valence-corrected chi connectivity index (χ3v) is 7.67. The van der Waals surface area contributed by atoms with Gasteiger partial charge in [-0.05, 0) is 0 Å². The number of rotatable bonds is 4. The molecule has 2 aromatic heterocycles. The zero-order chi connectivity index (χ0) is 25.1. The summed E-state index contributed by atoms with van der Waals surface area (Å²) in [5, 5.41) is 4.57. The van der Waals surface area contributed by atoms with E-state index in [4.69, 9.17) is 23.9 Å². The minimum absolute atomic E-state index is 0.115. The van der Waals surface area contributed by atoms with Crippen LogP contribution in [-0.4, -0.2) is 56.3 Å². The summed E-state index contributed by atoms with van der Waals surface area (Å²) in [6.45, 7) is 7.92. The van der Waals surface area contributed by atoms with Gasteiger partial charge in [0.25, 0.3) is 0 Å². The van der Waals surface area contributed by atoms with Gasteiger partial charge in [0.15, 0.2) is 0 Å². The molecule has 9 nitrogen and oxygen atoms in total. The number of nitrogens with zero attached hydrogens (tertiary/aromatic N) is 2. The van der Waals surface area contributed by atoms with Crippen LogP contribution in [0.3, 0.4) is 0 Å². The van der Waals surface area contributed by atoms with Crippen LogP contribution in [0.4, 0.5) is 0 Å². The molecule has 0 radical (unpaired) electrons. The Labute approximate surface area is 215 Å². The van der Waals surface area contributed by atoms with E-state index in [2.05, 4.69) is 39.3 Å². The summed E-state index contributed by atoms with van der Waals surface area (Å²) in [4.78, 5) is 29.3. The Hall–Kier alpha value is -3.20. The molecule has 1 unspecified atom stereocenters. The Kier molecular flexibility index (Phi) is 5.63. The first-order valence-corrected chi connectivity index (χ1v) is 12.8. The van der Waals surface area contributed by atoms with Crippen LogP contribution in [0.2, 0.25) is 0 Å². The molecule has 1 N–H and O–H groups in total. The van der Waals surface area contributed by atoms with Crippen molar-refractivity contribution in [3.63, 3.8) is 0 Å². The monoisotopic (exact) mass is 555 g/mol. The summed E-state index contributed by atoms with van der Waals surface area (Å²) in [5.41, 5.74) is 6.17. The van der Waals surface area contributed by atoms with Crippen molar-refractivity contribution in [3.8, 4) is 22.9 Å². The minimum atomic E-state index is -1.10. The summed E-state index contributed by atoms with van der Waals surface area (Å²) >= 11 is 3.16. The number of hydrogen-bond acceptors (Lipinski definition) is 8. The number of pyridine rings is 2. The van der Waals surface area contributed by atoms with Crippen LogP contribution in [0.5, 0.6) is 11.5 Å². The number of esters is 2. The second-order valence-corrected chi connectivity index (χ2v) is 10.2. The molecular formula is C26H25N3O6Se. The average molecular weight is 554 g/mol. The van der Waals surface area contributed by atoms with Crippen LogP contribution >= 0.6 is 0 Å². The van der Waals surface area contributed by atoms with Crippen molar-refractivity contribution < 1.29 is 28.5 Å². The van der Waals surface area contributed by atoms with Gasteiger partial charge in [0.1, 0.15) is 0 Å². The molecule has 10 heteroatoms. The van der Waals surface area contributed by atoms with Crippen LogP contribution in [0.15, 0.2) is 18.2 Å². The second kappa shape index (κ2) is 8.72. The normalized spacial score (nSPS) is 17.4. The van der Waals surface area contributed by atoms with Crippen molar-refractivity contribution >= 4 is 38.4 Å². The predicted octanol–water partition coefficient (Wildman–Crippen LogP) is 2.70. The zero-order valence-electron chi connectivity index (χ0n) is 20.2. The van der Waals surface area contributed by atoms with Gasteiger partial charge in [0.05, 0.1) is 0 Å². The standard InChI is InChI=1S/C26H25N3O6Se/c1-12(2)27-9-16-14-7-21-22(33-5-4-32-21)8-19(14)28-23-17(16)10-29-20(23)6-15-18(25(29)36)11-34-26(31)24(15)35-13(3)30/h6-8,12,24,27H,4-5,9-11H2,1-3H3. The van der Waals surface area contributed by atoms with Crippen molar-refractivity contribution in [2.24, 2.45) is 0 Å². The van der Waals surface area contributed by atoms with Crippen LogP contribution in [0.25, 0.3) is 22.3 Å². The molecule has 0 spiro atoms. The van der Waals surface area contributed by atoms with Crippen molar-refractivity contribution in [3.05, 3.63) is 44.6 Å². The fraction of sp³-hybridized carbons (Fsp3) is 0.385. The maximum absolute atomic E-state index is 12.5. The Balaban J connectivity index is 1.58. The first-order chi connectivity index (χ1) is 17.3. The molecule has 36 heavy (non-hydrogen) atoms. The molecule has 1 atom stereocenters. The second-order valence-electron chi connectivity index (χ2n) is 9.42.